The van der Waals surface area contributed by atoms with Crippen molar-refractivity contribution in [1.29, 1.82) is 0 Å². The van der Waals surface area contributed by atoms with E-state index in [4.69, 9.17) is 15.6 Å². The van der Waals surface area contributed by atoms with E-state index in [1.807, 2.05) is 60.7 Å². The minimum Gasteiger partial charge on any atom is -0.382 e. The number of benzene rings is 2. The molecule has 0 saturated carbocycles. The van der Waals surface area contributed by atoms with Gasteiger partial charge in [0.05, 0.1) is 14.6 Å². The lowest BCUT2D eigenvalue weighted by atomic mass is 9.81. The van der Waals surface area contributed by atoms with Crippen molar-refractivity contribution in [2.45, 2.75) is 82.6 Å². The third-order valence-electron chi connectivity index (χ3n) is 6.17. The third-order valence-corrected chi connectivity index (χ3v) is 6.17. The van der Waals surface area contributed by atoms with Gasteiger partial charge in [-0.05, 0) is 24.5 Å². The summed E-state index contributed by atoms with van der Waals surface area (Å²) >= 11 is 0. The van der Waals surface area contributed by atoms with E-state index < -0.39 is 42.1 Å². The fourth-order valence-corrected chi connectivity index (χ4v) is 4.03. The summed E-state index contributed by atoms with van der Waals surface area (Å²) in [6.07, 6.45) is -9.32. The predicted octanol–water partition coefficient (Wildman–Crippen LogP) is 2.31. The fraction of sp³-hybridized carbons (Fsp3) is 0.481. The van der Waals surface area contributed by atoms with Crippen molar-refractivity contribution < 1.29 is 40.5 Å². The van der Waals surface area contributed by atoms with Gasteiger partial charge in [-0.2, -0.15) is 0 Å². The van der Waals surface area contributed by atoms with Crippen molar-refractivity contribution in [2.24, 2.45) is 0 Å². The van der Waals surface area contributed by atoms with Crippen molar-refractivity contribution in [2.75, 3.05) is 0 Å². The van der Waals surface area contributed by atoms with Gasteiger partial charge in [0.15, 0.2) is 12.0 Å². The topological polar surface area (TPSA) is 123 Å². The smallest absolute Gasteiger partial charge is 0.187 e. The number of Topliss-reactive ketones (excluding diaryl/α,β-unsaturated/α-hetero) is 2. The molecule has 1 unspecified atom stereocenters. The SMILES string of the molecule is [2H][C@]1(O)O[C@H](C(O)C(=O)CCC(C)=O)[C@H](OCc2ccccc2)[C@H](OCc2ccccc2)[C@]1(O)CC. The first-order valence-corrected chi connectivity index (χ1v) is 11.7. The van der Waals surface area contributed by atoms with E-state index in [0.717, 1.165) is 11.1 Å². The van der Waals surface area contributed by atoms with Crippen molar-refractivity contribution in [1.82, 2.24) is 0 Å². The lowest BCUT2D eigenvalue weighted by molar-refractivity contribution is -0.350. The summed E-state index contributed by atoms with van der Waals surface area (Å²) in [5.74, 6) is -0.929. The highest BCUT2D eigenvalue weighted by Gasteiger charge is 2.57. The standard InChI is InChI=1S/C27H34O8/c1-3-27(32)25(34-17-20-12-8-5-9-13-20)24(33-16-19-10-6-4-7-11-19)23(35-26(27)31)22(30)21(29)15-14-18(2)28/h4-13,22-26,30-32H,3,14-17H2,1-2H3/t22?,23-,24+,25+,26+,27-/m1/s1/i26D. The average Bonchev–Trinajstić information content (AvgIpc) is 2.87. The van der Waals surface area contributed by atoms with Gasteiger partial charge in [0.25, 0.3) is 0 Å². The van der Waals surface area contributed by atoms with Crippen LogP contribution in [0.3, 0.4) is 0 Å². The number of rotatable bonds is 12. The molecule has 0 radical (unpaired) electrons. The second-order valence-corrected chi connectivity index (χ2v) is 8.76. The van der Waals surface area contributed by atoms with Crippen molar-refractivity contribution in [3.8, 4) is 0 Å². The Morgan fingerprint density at radius 2 is 1.57 bits per heavy atom. The summed E-state index contributed by atoms with van der Waals surface area (Å²) in [6, 6.07) is 18.2. The molecule has 3 N–H and O–H groups in total. The molecule has 0 amide bonds. The van der Waals surface area contributed by atoms with E-state index in [9.17, 15) is 24.9 Å². The second kappa shape index (κ2) is 12.5. The lowest BCUT2D eigenvalue weighted by Gasteiger charge is -2.50. The molecule has 1 aliphatic heterocycles. The van der Waals surface area contributed by atoms with Gasteiger partial charge >= 0.3 is 0 Å². The maximum absolute atomic E-state index is 12.7. The summed E-state index contributed by atoms with van der Waals surface area (Å²) in [5.41, 5.74) is -0.698. The van der Waals surface area contributed by atoms with Gasteiger partial charge in [-0.3, -0.25) is 4.79 Å². The van der Waals surface area contributed by atoms with Crippen LogP contribution in [0.25, 0.3) is 0 Å². The number of aliphatic hydroxyl groups excluding tert-OH is 1. The molecule has 1 heterocycles. The van der Waals surface area contributed by atoms with E-state index in [-0.39, 0.29) is 38.3 Å². The highest BCUT2D eigenvalue weighted by Crippen LogP contribution is 2.37. The normalized spacial score (nSPS) is 29.9. The maximum atomic E-state index is 12.7. The molecule has 1 fully saturated rings. The van der Waals surface area contributed by atoms with Crippen molar-refractivity contribution in [3.05, 3.63) is 71.8 Å². The number of aliphatic hydroxyl groups is 3. The van der Waals surface area contributed by atoms with E-state index in [1.54, 1.807) is 6.92 Å². The number of ether oxygens (including phenoxy) is 3. The Hall–Kier alpha value is -2.46. The van der Waals surface area contributed by atoms with E-state index in [0.29, 0.717) is 0 Å². The van der Waals surface area contributed by atoms with Crippen molar-refractivity contribution >= 4 is 11.6 Å². The second-order valence-electron chi connectivity index (χ2n) is 8.76. The molecule has 8 nitrogen and oxygen atoms in total. The van der Waals surface area contributed by atoms with Gasteiger partial charge in [0, 0.05) is 12.8 Å². The van der Waals surface area contributed by atoms with Crippen LogP contribution in [0.5, 0.6) is 0 Å². The van der Waals surface area contributed by atoms with Crippen LogP contribution in [0.15, 0.2) is 60.7 Å². The molecule has 2 aromatic rings. The van der Waals surface area contributed by atoms with Crippen molar-refractivity contribution in [3.63, 3.8) is 0 Å². The first kappa shape index (κ1) is 25.6. The number of hydrogen-bond acceptors (Lipinski definition) is 8. The summed E-state index contributed by atoms with van der Waals surface area (Å²) in [6.45, 7) is 2.93. The minimum atomic E-state index is -2.91. The van der Waals surface area contributed by atoms with Crippen LogP contribution >= 0.6 is 0 Å². The Balaban J connectivity index is 1.96. The molecule has 1 aliphatic rings. The van der Waals surface area contributed by atoms with Gasteiger partial charge in [0.2, 0.25) is 0 Å². The predicted molar refractivity (Wildman–Crippen MR) is 127 cm³/mol. The summed E-state index contributed by atoms with van der Waals surface area (Å²) in [5, 5.41) is 33.2. The highest BCUT2D eigenvalue weighted by atomic mass is 16.7. The zero-order chi connectivity index (χ0) is 26.3. The highest BCUT2D eigenvalue weighted by molar-refractivity contribution is 5.88. The summed E-state index contributed by atoms with van der Waals surface area (Å²) in [7, 11) is 0. The van der Waals surface area contributed by atoms with Gasteiger partial charge < -0.3 is 34.3 Å². The van der Waals surface area contributed by atoms with Crippen LogP contribution in [0, 0.1) is 0 Å². The monoisotopic (exact) mass is 487 g/mol. The Bertz CT molecular complexity index is 999. The molecule has 1 saturated heterocycles. The minimum absolute atomic E-state index is 0.0101. The lowest BCUT2D eigenvalue weighted by Crippen LogP contribution is -2.69. The zero-order valence-electron chi connectivity index (χ0n) is 21.0. The molecule has 6 atom stereocenters. The van der Waals surface area contributed by atoms with Crippen LogP contribution in [0.1, 0.15) is 45.6 Å². The molecular weight excluding hydrogens is 452 g/mol. The number of ketones is 2. The van der Waals surface area contributed by atoms with Gasteiger partial charge in [0.1, 0.15) is 35.8 Å². The summed E-state index contributed by atoms with van der Waals surface area (Å²) in [4.78, 5) is 24.1. The molecule has 35 heavy (non-hydrogen) atoms. The number of carbonyl (C=O) groups excluding carboxylic acids is 2. The Morgan fingerprint density at radius 3 is 2.09 bits per heavy atom. The van der Waals surface area contributed by atoms with E-state index >= 15 is 0 Å². The molecule has 190 valence electrons. The molecule has 0 aromatic heterocycles. The van der Waals surface area contributed by atoms with Crippen LogP contribution in [-0.4, -0.2) is 63.2 Å². The van der Waals surface area contributed by atoms with Crippen LogP contribution in [0.2, 0.25) is 0 Å². The first-order chi connectivity index (χ1) is 17.1. The Labute approximate surface area is 206 Å². The molecule has 0 aliphatic carbocycles. The molecule has 8 heteroatoms. The van der Waals surface area contributed by atoms with E-state index in [2.05, 4.69) is 0 Å². The van der Waals surface area contributed by atoms with Gasteiger partial charge in [-0.1, -0.05) is 67.6 Å². The first-order valence-electron chi connectivity index (χ1n) is 12.2. The number of carbonyl (C=O) groups is 2. The molecule has 0 bridgehead atoms. The summed E-state index contributed by atoms with van der Waals surface area (Å²) < 4.78 is 26.0. The fourth-order valence-electron chi connectivity index (χ4n) is 4.03. The van der Waals surface area contributed by atoms with Crippen LogP contribution in [-0.2, 0) is 37.0 Å². The molecule has 2 aromatic carbocycles. The molecule has 3 rings (SSSR count). The Morgan fingerprint density at radius 1 is 1.03 bits per heavy atom. The van der Waals surface area contributed by atoms with E-state index in [1.165, 1.54) is 6.92 Å². The maximum Gasteiger partial charge on any atom is 0.187 e. The van der Waals surface area contributed by atoms with Gasteiger partial charge in [-0.15, -0.1) is 0 Å². The largest absolute Gasteiger partial charge is 0.382 e. The quantitative estimate of drug-likeness (QED) is 0.417. The molecule has 0 spiro atoms. The van der Waals surface area contributed by atoms with Gasteiger partial charge in [-0.25, -0.2) is 0 Å². The Kier molecular flexibility index (Phi) is 9.14. The zero-order valence-corrected chi connectivity index (χ0v) is 20.0. The third kappa shape index (κ3) is 6.82. The average molecular weight is 488 g/mol. The number of hydrogen-bond donors (Lipinski definition) is 3. The van der Waals surface area contributed by atoms with Crippen LogP contribution in [0.4, 0.5) is 0 Å². The molecular formula is C27H34O8. The van der Waals surface area contributed by atoms with Crippen LogP contribution < -0.4 is 0 Å².